The highest BCUT2D eigenvalue weighted by atomic mass is 32.2. The summed E-state index contributed by atoms with van der Waals surface area (Å²) in [4.78, 5) is 13.7. The third-order valence-electron chi connectivity index (χ3n) is 4.48. The minimum absolute atomic E-state index is 0.0623. The standard InChI is InChI=1S/C22H22N2O3S2/c1-16-8-6-10-18(14-16)24(2)29(26,27)19-11-7-9-17(15-19)22(25)23-20-12-4-5-13-21(20)28-3/h4-15H,1-3H3,(H,23,25). The molecular formula is C22H22N2O3S2. The Bertz CT molecular complexity index is 1140. The number of hydrogen-bond acceptors (Lipinski definition) is 4. The SMILES string of the molecule is CSc1ccccc1NC(=O)c1cccc(S(=O)(=O)N(C)c2cccc(C)c2)c1. The number of nitrogens with zero attached hydrogens (tertiary/aromatic N) is 1. The van der Waals surface area contributed by atoms with Crippen molar-refractivity contribution in [1.82, 2.24) is 0 Å². The van der Waals surface area contributed by atoms with Crippen LogP contribution < -0.4 is 9.62 Å². The van der Waals surface area contributed by atoms with Crippen molar-refractivity contribution < 1.29 is 13.2 Å². The molecule has 29 heavy (non-hydrogen) atoms. The highest BCUT2D eigenvalue weighted by molar-refractivity contribution is 7.98. The predicted octanol–water partition coefficient (Wildman–Crippen LogP) is 4.79. The zero-order valence-corrected chi connectivity index (χ0v) is 18.0. The zero-order chi connectivity index (χ0) is 21.0. The van der Waals surface area contributed by atoms with E-state index in [9.17, 15) is 13.2 Å². The molecule has 0 bridgehead atoms. The third kappa shape index (κ3) is 4.63. The van der Waals surface area contributed by atoms with E-state index in [0.29, 0.717) is 11.4 Å². The van der Waals surface area contributed by atoms with E-state index in [1.54, 1.807) is 24.3 Å². The van der Waals surface area contributed by atoms with E-state index in [1.165, 1.54) is 35.2 Å². The fraction of sp³-hybridized carbons (Fsp3) is 0.136. The lowest BCUT2D eigenvalue weighted by Crippen LogP contribution is -2.27. The van der Waals surface area contributed by atoms with Crippen LogP contribution in [-0.4, -0.2) is 27.6 Å². The molecule has 0 atom stereocenters. The monoisotopic (exact) mass is 426 g/mol. The third-order valence-corrected chi connectivity index (χ3v) is 7.05. The summed E-state index contributed by atoms with van der Waals surface area (Å²) in [6.07, 6.45) is 1.93. The van der Waals surface area contributed by atoms with E-state index >= 15 is 0 Å². The number of benzene rings is 3. The quantitative estimate of drug-likeness (QED) is 0.575. The summed E-state index contributed by atoms with van der Waals surface area (Å²) in [7, 11) is -2.30. The molecule has 1 N–H and O–H groups in total. The number of aryl methyl sites for hydroxylation is 1. The van der Waals surface area contributed by atoms with E-state index < -0.39 is 10.0 Å². The van der Waals surface area contributed by atoms with Gasteiger partial charge in [-0.25, -0.2) is 8.42 Å². The molecule has 0 heterocycles. The van der Waals surface area contributed by atoms with Gasteiger partial charge in [-0.1, -0.05) is 30.3 Å². The van der Waals surface area contributed by atoms with Gasteiger partial charge in [-0.3, -0.25) is 9.10 Å². The molecular weight excluding hydrogens is 404 g/mol. The Morgan fingerprint density at radius 2 is 1.69 bits per heavy atom. The van der Waals surface area contributed by atoms with Gasteiger partial charge in [0.05, 0.1) is 16.3 Å². The van der Waals surface area contributed by atoms with Crippen LogP contribution in [0.3, 0.4) is 0 Å². The first-order valence-electron chi connectivity index (χ1n) is 8.93. The van der Waals surface area contributed by atoms with Crippen LogP contribution >= 0.6 is 11.8 Å². The molecule has 3 rings (SSSR count). The topological polar surface area (TPSA) is 66.5 Å². The lowest BCUT2D eigenvalue weighted by Gasteiger charge is -2.20. The summed E-state index contributed by atoms with van der Waals surface area (Å²) >= 11 is 1.53. The maximum Gasteiger partial charge on any atom is 0.264 e. The number of nitrogens with one attached hydrogen (secondary N) is 1. The maximum atomic E-state index is 13.1. The number of para-hydroxylation sites is 1. The lowest BCUT2D eigenvalue weighted by atomic mass is 10.2. The van der Waals surface area contributed by atoms with Gasteiger partial charge in [0.15, 0.2) is 0 Å². The van der Waals surface area contributed by atoms with Gasteiger partial charge in [0.2, 0.25) is 0 Å². The van der Waals surface area contributed by atoms with Crippen molar-refractivity contribution in [2.24, 2.45) is 0 Å². The van der Waals surface area contributed by atoms with Crippen molar-refractivity contribution in [2.45, 2.75) is 16.7 Å². The molecule has 150 valence electrons. The Morgan fingerprint density at radius 1 is 0.966 bits per heavy atom. The number of sulfonamides is 1. The van der Waals surface area contributed by atoms with Crippen molar-refractivity contribution >= 4 is 39.1 Å². The Balaban J connectivity index is 1.89. The molecule has 0 saturated heterocycles. The Hall–Kier alpha value is -2.77. The summed E-state index contributed by atoms with van der Waals surface area (Å²) in [5.74, 6) is -0.359. The first-order valence-corrected chi connectivity index (χ1v) is 11.6. The fourth-order valence-electron chi connectivity index (χ4n) is 2.86. The molecule has 0 spiro atoms. The van der Waals surface area contributed by atoms with Crippen LogP contribution in [0.25, 0.3) is 0 Å². The largest absolute Gasteiger partial charge is 0.321 e. The maximum absolute atomic E-state index is 13.1. The number of carbonyl (C=O) groups is 1. The molecule has 5 nitrogen and oxygen atoms in total. The number of hydrogen-bond donors (Lipinski definition) is 1. The van der Waals surface area contributed by atoms with Gasteiger partial charge in [-0.15, -0.1) is 11.8 Å². The fourth-order valence-corrected chi connectivity index (χ4v) is 4.65. The summed E-state index contributed by atoms with van der Waals surface area (Å²) < 4.78 is 27.4. The molecule has 7 heteroatoms. The molecule has 3 aromatic carbocycles. The van der Waals surface area contributed by atoms with E-state index in [1.807, 2.05) is 49.6 Å². The minimum Gasteiger partial charge on any atom is -0.321 e. The molecule has 0 aliphatic rings. The average Bonchev–Trinajstić information content (AvgIpc) is 2.73. The van der Waals surface area contributed by atoms with Gasteiger partial charge in [-0.2, -0.15) is 0 Å². The summed E-state index contributed by atoms with van der Waals surface area (Å²) in [6.45, 7) is 1.90. The molecule has 3 aromatic rings. The van der Waals surface area contributed by atoms with Crippen LogP contribution in [0.5, 0.6) is 0 Å². The average molecular weight is 427 g/mol. The van der Waals surface area contributed by atoms with E-state index in [4.69, 9.17) is 0 Å². The minimum atomic E-state index is -3.80. The van der Waals surface area contributed by atoms with Crippen molar-refractivity contribution in [1.29, 1.82) is 0 Å². The zero-order valence-electron chi connectivity index (χ0n) is 16.4. The van der Waals surface area contributed by atoms with Gasteiger partial charge >= 0.3 is 0 Å². The smallest absolute Gasteiger partial charge is 0.264 e. The second-order valence-corrected chi connectivity index (χ2v) is 9.31. The van der Waals surface area contributed by atoms with Gasteiger partial charge in [-0.05, 0) is 61.2 Å². The van der Waals surface area contributed by atoms with Crippen LogP contribution in [0.1, 0.15) is 15.9 Å². The second-order valence-electron chi connectivity index (χ2n) is 6.49. The number of carbonyl (C=O) groups excluding carboxylic acids is 1. The Morgan fingerprint density at radius 3 is 2.41 bits per heavy atom. The molecule has 0 fully saturated rings. The first kappa shape index (κ1) is 21.0. The first-order chi connectivity index (χ1) is 13.8. The molecule has 0 saturated carbocycles. The second kappa shape index (κ2) is 8.71. The molecule has 0 aliphatic carbocycles. The van der Waals surface area contributed by atoms with E-state index in [0.717, 1.165) is 10.5 Å². The van der Waals surface area contributed by atoms with Crippen molar-refractivity contribution in [3.63, 3.8) is 0 Å². The summed E-state index contributed by atoms with van der Waals surface area (Å²) in [5.41, 5.74) is 2.49. The van der Waals surface area contributed by atoms with Gasteiger partial charge in [0.25, 0.3) is 15.9 Å². The highest BCUT2D eigenvalue weighted by Crippen LogP contribution is 2.26. The van der Waals surface area contributed by atoms with Crippen LogP contribution in [0, 0.1) is 6.92 Å². The van der Waals surface area contributed by atoms with Gasteiger partial charge < -0.3 is 5.32 Å². The van der Waals surface area contributed by atoms with Crippen molar-refractivity contribution in [2.75, 3.05) is 22.9 Å². The van der Waals surface area contributed by atoms with Crippen LogP contribution in [0.4, 0.5) is 11.4 Å². The number of rotatable bonds is 6. The lowest BCUT2D eigenvalue weighted by molar-refractivity contribution is 0.102. The number of amides is 1. The molecule has 0 aromatic heterocycles. The summed E-state index contributed by atoms with van der Waals surface area (Å²) in [5, 5.41) is 2.86. The van der Waals surface area contributed by atoms with E-state index in [-0.39, 0.29) is 16.4 Å². The van der Waals surface area contributed by atoms with Gasteiger partial charge in [0.1, 0.15) is 0 Å². The van der Waals surface area contributed by atoms with Gasteiger partial charge in [0, 0.05) is 17.5 Å². The number of anilines is 2. The molecule has 0 radical (unpaired) electrons. The van der Waals surface area contributed by atoms with E-state index in [2.05, 4.69) is 5.32 Å². The summed E-state index contributed by atoms with van der Waals surface area (Å²) in [6, 6.07) is 20.8. The Labute approximate surface area is 175 Å². The molecule has 1 amide bonds. The van der Waals surface area contributed by atoms with Crippen LogP contribution in [0.2, 0.25) is 0 Å². The predicted molar refractivity (Wildman–Crippen MR) is 119 cm³/mol. The van der Waals surface area contributed by atoms with Crippen LogP contribution in [0.15, 0.2) is 82.6 Å². The van der Waals surface area contributed by atoms with Crippen LogP contribution in [-0.2, 0) is 10.0 Å². The van der Waals surface area contributed by atoms with Crippen molar-refractivity contribution in [3.05, 3.63) is 83.9 Å². The number of thioether (sulfide) groups is 1. The normalized spacial score (nSPS) is 11.1. The highest BCUT2D eigenvalue weighted by Gasteiger charge is 2.22. The van der Waals surface area contributed by atoms with Crippen molar-refractivity contribution in [3.8, 4) is 0 Å². The Kier molecular flexibility index (Phi) is 6.30. The molecule has 0 aliphatic heterocycles. The molecule has 0 unspecified atom stereocenters.